The molecular weight excluding hydrogens is 464 g/mol. The van der Waals surface area contributed by atoms with Gasteiger partial charge in [-0.15, -0.1) is 11.3 Å². The zero-order valence-electron chi connectivity index (χ0n) is 19.3. The van der Waals surface area contributed by atoms with Crippen LogP contribution < -0.4 is 20.1 Å². The molecule has 5 rings (SSSR count). The van der Waals surface area contributed by atoms with E-state index < -0.39 is 0 Å². The second-order valence-electron chi connectivity index (χ2n) is 8.23. The van der Waals surface area contributed by atoms with Crippen molar-refractivity contribution in [2.24, 2.45) is 0 Å². The maximum absolute atomic E-state index is 13.0. The topological polar surface area (TPSA) is 92.8 Å². The van der Waals surface area contributed by atoms with Gasteiger partial charge in [0.2, 0.25) is 12.7 Å². The van der Waals surface area contributed by atoms with Gasteiger partial charge in [-0.2, -0.15) is 0 Å². The van der Waals surface area contributed by atoms with Crippen molar-refractivity contribution in [3.05, 3.63) is 77.3 Å². The van der Waals surface area contributed by atoms with Crippen LogP contribution in [0.25, 0.3) is 10.2 Å². The van der Waals surface area contributed by atoms with E-state index in [4.69, 9.17) is 14.5 Å². The Morgan fingerprint density at radius 3 is 2.66 bits per heavy atom. The number of benzene rings is 3. The van der Waals surface area contributed by atoms with Crippen LogP contribution in [-0.4, -0.2) is 42.1 Å². The smallest absolute Gasteiger partial charge is 0.257 e. The normalized spacial score (nSPS) is 13.1. The Hall–Kier alpha value is -3.95. The lowest BCUT2D eigenvalue weighted by molar-refractivity contribution is -0.117. The lowest BCUT2D eigenvalue weighted by Gasteiger charge is -2.22. The number of hydrogen-bond acceptors (Lipinski definition) is 7. The van der Waals surface area contributed by atoms with E-state index in [1.807, 2.05) is 43.1 Å². The van der Waals surface area contributed by atoms with Crippen LogP contribution in [0, 0.1) is 0 Å². The van der Waals surface area contributed by atoms with Crippen molar-refractivity contribution in [2.75, 3.05) is 31.0 Å². The number of para-hydroxylation sites is 2. The van der Waals surface area contributed by atoms with Gasteiger partial charge in [0.25, 0.3) is 5.91 Å². The summed E-state index contributed by atoms with van der Waals surface area (Å²) in [5.74, 6) is 0.661. The molecule has 0 fully saturated rings. The first-order valence-electron chi connectivity index (χ1n) is 11.1. The van der Waals surface area contributed by atoms with Crippen molar-refractivity contribution in [3.63, 3.8) is 0 Å². The minimum atomic E-state index is -0.337. The molecule has 8 nitrogen and oxygen atoms in total. The van der Waals surface area contributed by atoms with Gasteiger partial charge < -0.3 is 20.1 Å². The highest BCUT2D eigenvalue weighted by molar-refractivity contribution is 7.18. The SMILES string of the molecule is C[C@@H](c1nc2ccccc2s1)N(C)CC(=O)Nc1ccccc1C(=O)Nc1ccc2c(c1)OCO2. The molecule has 35 heavy (non-hydrogen) atoms. The molecular formula is C26H24N4O4S. The Labute approximate surface area is 206 Å². The average Bonchev–Trinajstić information content (AvgIpc) is 3.50. The van der Waals surface area contributed by atoms with Crippen LogP contribution in [0.2, 0.25) is 0 Å². The molecule has 2 heterocycles. The highest BCUT2D eigenvalue weighted by atomic mass is 32.1. The lowest BCUT2D eigenvalue weighted by Crippen LogP contribution is -2.32. The maximum atomic E-state index is 13.0. The summed E-state index contributed by atoms with van der Waals surface area (Å²) in [5.41, 5.74) is 2.33. The van der Waals surface area contributed by atoms with Crippen LogP contribution in [0.1, 0.15) is 28.3 Å². The first-order valence-corrected chi connectivity index (χ1v) is 11.9. The fourth-order valence-corrected chi connectivity index (χ4v) is 4.86. The van der Waals surface area contributed by atoms with Crippen molar-refractivity contribution in [1.29, 1.82) is 0 Å². The number of nitrogens with one attached hydrogen (secondary N) is 2. The Morgan fingerprint density at radius 2 is 1.80 bits per heavy atom. The molecule has 0 aliphatic carbocycles. The molecule has 1 aliphatic heterocycles. The summed E-state index contributed by atoms with van der Waals surface area (Å²) in [7, 11) is 1.88. The molecule has 0 saturated heterocycles. The number of aromatic nitrogens is 1. The van der Waals surface area contributed by atoms with E-state index in [1.165, 1.54) is 0 Å². The average molecular weight is 489 g/mol. The largest absolute Gasteiger partial charge is 0.454 e. The van der Waals surface area contributed by atoms with E-state index in [1.54, 1.807) is 53.8 Å². The number of ether oxygens (including phenoxy) is 2. The van der Waals surface area contributed by atoms with Crippen LogP contribution in [-0.2, 0) is 4.79 Å². The summed E-state index contributed by atoms with van der Waals surface area (Å²) in [5, 5.41) is 6.68. The number of likely N-dealkylation sites (N-methyl/N-ethyl adjacent to an activating group) is 1. The number of amides is 2. The molecule has 1 aliphatic rings. The second kappa shape index (κ2) is 9.73. The van der Waals surface area contributed by atoms with Gasteiger partial charge in [-0.3, -0.25) is 14.5 Å². The Morgan fingerprint density at radius 1 is 1.03 bits per heavy atom. The van der Waals surface area contributed by atoms with Crippen molar-refractivity contribution < 1.29 is 19.1 Å². The third kappa shape index (κ3) is 4.96. The number of rotatable bonds is 7. The van der Waals surface area contributed by atoms with Crippen LogP contribution in [0.3, 0.4) is 0 Å². The summed E-state index contributed by atoms with van der Waals surface area (Å²) >= 11 is 1.63. The van der Waals surface area contributed by atoms with E-state index in [0.29, 0.717) is 28.4 Å². The molecule has 4 aromatic rings. The Kier molecular flexibility index (Phi) is 6.35. The molecule has 2 amide bonds. The number of anilines is 2. The fraction of sp³-hybridized carbons (Fsp3) is 0.192. The van der Waals surface area contributed by atoms with Crippen LogP contribution in [0.4, 0.5) is 11.4 Å². The van der Waals surface area contributed by atoms with Crippen molar-refractivity contribution >= 4 is 44.7 Å². The van der Waals surface area contributed by atoms with Crippen LogP contribution in [0.15, 0.2) is 66.7 Å². The van der Waals surface area contributed by atoms with Gasteiger partial charge in [0.15, 0.2) is 11.5 Å². The number of fused-ring (bicyclic) bond motifs is 2. The number of carbonyl (C=O) groups excluding carboxylic acids is 2. The van der Waals surface area contributed by atoms with E-state index in [-0.39, 0.29) is 31.2 Å². The molecule has 0 spiro atoms. The zero-order chi connectivity index (χ0) is 24.4. The van der Waals surface area contributed by atoms with E-state index in [0.717, 1.165) is 15.2 Å². The molecule has 0 bridgehead atoms. The van der Waals surface area contributed by atoms with Gasteiger partial charge in [-0.1, -0.05) is 24.3 Å². The Bertz CT molecular complexity index is 1370. The van der Waals surface area contributed by atoms with Crippen molar-refractivity contribution in [2.45, 2.75) is 13.0 Å². The summed E-state index contributed by atoms with van der Waals surface area (Å²) in [6.45, 7) is 2.33. The maximum Gasteiger partial charge on any atom is 0.257 e. The van der Waals surface area contributed by atoms with Crippen LogP contribution >= 0.6 is 11.3 Å². The highest BCUT2D eigenvalue weighted by Gasteiger charge is 2.20. The minimum Gasteiger partial charge on any atom is -0.454 e. The number of hydrogen-bond donors (Lipinski definition) is 2. The van der Waals surface area contributed by atoms with Gasteiger partial charge in [0, 0.05) is 11.8 Å². The van der Waals surface area contributed by atoms with Gasteiger partial charge in [-0.05, 0) is 50.4 Å². The molecule has 0 saturated carbocycles. The molecule has 1 aromatic heterocycles. The monoisotopic (exact) mass is 488 g/mol. The molecule has 1 atom stereocenters. The molecule has 0 radical (unpaired) electrons. The lowest BCUT2D eigenvalue weighted by atomic mass is 10.1. The third-order valence-corrected chi connectivity index (χ3v) is 7.00. The summed E-state index contributed by atoms with van der Waals surface area (Å²) in [4.78, 5) is 32.5. The first kappa shape index (κ1) is 22.8. The minimum absolute atomic E-state index is 0.0392. The quantitative estimate of drug-likeness (QED) is 0.384. The summed E-state index contributed by atoms with van der Waals surface area (Å²) in [6, 6.07) is 20.1. The predicted molar refractivity (Wildman–Crippen MR) is 136 cm³/mol. The fourth-order valence-electron chi connectivity index (χ4n) is 3.77. The summed E-state index contributed by atoms with van der Waals surface area (Å²) in [6.07, 6.45) is 0. The Balaban J connectivity index is 1.24. The third-order valence-electron chi connectivity index (χ3n) is 5.80. The van der Waals surface area contributed by atoms with E-state index in [2.05, 4.69) is 10.6 Å². The molecule has 0 unspecified atom stereocenters. The number of nitrogens with zero attached hydrogens (tertiary/aromatic N) is 2. The van der Waals surface area contributed by atoms with Crippen molar-refractivity contribution in [3.8, 4) is 11.5 Å². The molecule has 9 heteroatoms. The van der Waals surface area contributed by atoms with E-state index >= 15 is 0 Å². The molecule has 2 N–H and O–H groups in total. The van der Waals surface area contributed by atoms with Gasteiger partial charge >= 0.3 is 0 Å². The second-order valence-corrected chi connectivity index (χ2v) is 9.29. The first-order chi connectivity index (χ1) is 17.0. The van der Waals surface area contributed by atoms with Crippen molar-refractivity contribution in [1.82, 2.24) is 9.88 Å². The summed E-state index contributed by atoms with van der Waals surface area (Å²) < 4.78 is 11.8. The van der Waals surface area contributed by atoms with Crippen LogP contribution in [0.5, 0.6) is 11.5 Å². The molecule has 3 aromatic carbocycles. The zero-order valence-corrected chi connectivity index (χ0v) is 20.1. The molecule has 178 valence electrons. The van der Waals surface area contributed by atoms with Gasteiger partial charge in [0.1, 0.15) is 5.01 Å². The van der Waals surface area contributed by atoms with Gasteiger partial charge in [-0.25, -0.2) is 4.98 Å². The predicted octanol–water partition coefficient (Wildman–Crippen LogP) is 4.91. The van der Waals surface area contributed by atoms with Gasteiger partial charge in [0.05, 0.1) is 34.1 Å². The highest BCUT2D eigenvalue weighted by Crippen LogP contribution is 2.34. The standard InChI is InChI=1S/C26H24N4O4S/c1-16(26-29-20-9-5-6-10-23(20)35-26)30(2)14-24(31)28-19-8-4-3-7-18(19)25(32)27-17-11-12-21-22(13-17)34-15-33-21/h3-13,16H,14-15H2,1-2H3,(H,27,32)(H,28,31)/t16-/m0/s1. The number of carbonyl (C=O) groups is 2. The van der Waals surface area contributed by atoms with E-state index in [9.17, 15) is 9.59 Å². The number of thiazole rings is 1.